The van der Waals surface area contributed by atoms with E-state index >= 15 is 0 Å². The molecule has 2 amide bonds. The molecule has 24 heavy (non-hydrogen) atoms. The molecular formula is C19H19N3O2. The predicted octanol–water partition coefficient (Wildman–Crippen LogP) is 4.22. The molecule has 3 rings (SSSR count). The van der Waals surface area contributed by atoms with Gasteiger partial charge in [0, 0.05) is 24.6 Å². The number of nitrogens with zero attached hydrogens (tertiary/aromatic N) is 2. The summed E-state index contributed by atoms with van der Waals surface area (Å²) < 4.78 is 5.38. The van der Waals surface area contributed by atoms with Crippen molar-refractivity contribution in [1.82, 2.24) is 9.88 Å². The number of hydrogen-bond acceptors (Lipinski definition) is 3. The highest BCUT2D eigenvalue weighted by Gasteiger charge is 2.16. The van der Waals surface area contributed by atoms with Crippen LogP contribution in [0, 0.1) is 6.92 Å². The maximum Gasteiger partial charge on any atom is 0.322 e. The SMILES string of the molecule is Cc1ccc(NC(=O)N(Cc2ccncc2)Cc2ccco2)cc1. The van der Waals surface area contributed by atoms with Crippen molar-refractivity contribution in [3.05, 3.63) is 84.1 Å². The molecule has 0 radical (unpaired) electrons. The summed E-state index contributed by atoms with van der Waals surface area (Å²) in [6, 6.07) is 15.0. The normalized spacial score (nSPS) is 10.4. The van der Waals surface area contributed by atoms with E-state index < -0.39 is 0 Å². The van der Waals surface area contributed by atoms with E-state index in [2.05, 4.69) is 10.3 Å². The lowest BCUT2D eigenvalue weighted by molar-refractivity contribution is 0.201. The third-order valence-electron chi connectivity index (χ3n) is 3.64. The lowest BCUT2D eigenvalue weighted by Crippen LogP contribution is -2.34. The second-order valence-electron chi connectivity index (χ2n) is 5.59. The van der Waals surface area contributed by atoms with Gasteiger partial charge in [-0.15, -0.1) is 0 Å². The molecule has 0 aliphatic heterocycles. The summed E-state index contributed by atoms with van der Waals surface area (Å²) in [5.74, 6) is 0.739. The zero-order chi connectivity index (χ0) is 16.8. The molecule has 5 heteroatoms. The summed E-state index contributed by atoms with van der Waals surface area (Å²) in [7, 11) is 0. The van der Waals surface area contributed by atoms with Crippen LogP contribution in [-0.2, 0) is 13.1 Å². The number of carbonyl (C=O) groups excluding carboxylic acids is 1. The van der Waals surface area contributed by atoms with Crippen LogP contribution in [0.1, 0.15) is 16.9 Å². The van der Waals surface area contributed by atoms with Gasteiger partial charge in [0.25, 0.3) is 0 Å². The number of carbonyl (C=O) groups is 1. The minimum atomic E-state index is -0.174. The molecule has 3 aromatic rings. The molecule has 1 N–H and O–H groups in total. The Morgan fingerprint density at radius 1 is 1.08 bits per heavy atom. The summed E-state index contributed by atoms with van der Waals surface area (Å²) in [6.45, 7) is 2.88. The Hall–Kier alpha value is -3.08. The smallest absolute Gasteiger partial charge is 0.322 e. The van der Waals surface area contributed by atoms with E-state index in [-0.39, 0.29) is 6.03 Å². The number of benzene rings is 1. The Labute approximate surface area is 140 Å². The number of anilines is 1. The minimum absolute atomic E-state index is 0.174. The Morgan fingerprint density at radius 2 is 1.83 bits per heavy atom. The molecule has 2 aromatic heterocycles. The lowest BCUT2D eigenvalue weighted by Gasteiger charge is -2.22. The second-order valence-corrected chi connectivity index (χ2v) is 5.59. The van der Waals surface area contributed by atoms with Gasteiger partial charge in [0.1, 0.15) is 5.76 Å². The Morgan fingerprint density at radius 3 is 2.50 bits per heavy atom. The van der Waals surface area contributed by atoms with Crippen molar-refractivity contribution in [2.45, 2.75) is 20.0 Å². The van der Waals surface area contributed by atoms with Crippen LogP contribution in [0.3, 0.4) is 0 Å². The third kappa shape index (κ3) is 4.23. The Bertz CT molecular complexity index is 768. The van der Waals surface area contributed by atoms with Crippen LogP contribution >= 0.6 is 0 Å². The van der Waals surface area contributed by atoms with Crippen LogP contribution in [0.5, 0.6) is 0 Å². The van der Waals surface area contributed by atoms with Gasteiger partial charge in [-0.25, -0.2) is 4.79 Å². The number of furan rings is 1. The highest BCUT2D eigenvalue weighted by molar-refractivity contribution is 5.89. The Balaban J connectivity index is 1.74. The van der Waals surface area contributed by atoms with E-state index in [4.69, 9.17) is 4.42 Å². The number of nitrogens with one attached hydrogen (secondary N) is 1. The maximum absolute atomic E-state index is 12.7. The first-order valence-corrected chi connectivity index (χ1v) is 7.74. The average Bonchev–Trinajstić information content (AvgIpc) is 3.10. The van der Waals surface area contributed by atoms with Crippen LogP contribution in [0.2, 0.25) is 0 Å². The quantitative estimate of drug-likeness (QED) is 0.765. The molecule has 2 heterocycles. The predicted molar refractivity (Wildman–Crippen MR) is 92.4 cm³/mol. The van der Waals surface area contributed by atoms with Gasteiger partial charge in [0.15, 0.2) is 0 Å². The van der Waals surface area contributed by atoms with Crippen LogP contribution in [0.4, 0.5) is 10.5 Å². The molecule has 122 valence electrons. The minimum Gasteiger partial charge on any atom is -0.467 e. The average molecular weight is 321 g/mol. The van der Waals surface area contributed by atoms with Gasteiger partial charge >= 0.3 is 6.03 Å². The van der Waals surface area contributed by atoms with E-state index in [9.17, 15) is 4.79 Å². The molecule has 0 aliphatic rings. The van der Waals surface area contributed by atoms with E-state index in [0.717, 1.165) is 22.6 Å². The molecule has 0 saturated heterocycles. The standard InChI is InChI=1S/C19H19N3O2/c1-15-4-6-17(7-5-15)21-19(23)22(14-18-3-2-12-24-18)13-16-8-10-20-11-9-16/h2-12H,13-14H2,1H3,(H,21,23). The number of aryl methyl sites for hydroxylation is 1. The van der Waals surface area contributed by atoms with Crippen LogP contribution in [0.25, 0.3) is 0 Å². The highest BCUT2D eigenvalue weighted by atomic mass is 16.3. The number of amides is 2. The van der Waals surface area contributed by atoms with Gasteiger partial charge in [-0.05, 0) is 48.9 Å². The summed E-state index contributed by atoms with van der Waals surface area (Å²) in [4.78, 5) is 18.4. The molecular weight excluding hydrogens is 302 g/mol. The topological polar surface area (TPSA) is 58.4 Å². The number of urea groups is 1. The molecule has 0 atom stereocenters. The fraction of sp³-hybridized carbons (Fsp3) is 0.158. The summed E-state index contributed by atoms with van der Waals surface area (Å²) in [6.07, 6.45) is 5.05. The first-order valence-electron chi connectivity index (χ1n) is 7.74. The van der Waals surface area contributed by atoms with Crippen molar-refractivity contribution in [3.8, 4) is 0 Å². The van der Waals surface area contributed by atoms with Gasteiger partial charge < -0.3 is 14.6 Å². The molecule has 0 spiro atoms. The summed E-state index contributed by atoms with van der Waals surface area (Å²) in [5.41, 5.74) is 2.93. The van der Waals surface area contributed by atoms with Gasteiger partial charge in [-0.2, -0.15) is 0 Å². The molecule has 0 unspecified atom stereocenters. The zero-order valence-corrected chi connectivity index (χ0v) is 13.5. The van der Waals surface area contributed by atoms with Crippen molar-refractivity contribution in [2.24, 2.45) is 0 Å². The molecule has 0 saturated carbocycles. The monoisotopic (exact) mass is 321 g/mol. The van der Waals surface area contributed by atoms with Crippen LogP contribution in [0.15, 0.2) is 71.6 Å². The van der Waals surface area contributed by atoms with Crippen LogP contribution < -0.4 is 5.32 Å². The van der Waals surface area contributed by atoms with E-state index in [1.807, 2.05) is 55.5 Å². The largest absolute Gasteiger partial charge is 0.467 e. The zero-order valence-electron chi connectivity index (χ0n) is 13.5. The van der Waals surface area contributed by atoms with E-state index in [1.54, 1.807) is 23.6 Å². The lowest BCUT2D eigenvalue weighted by atomic mass is 10.2. The van der Waals surface area contributed by atoms with Crippen molar-refractivity contribution < 1.29 is 9.21 Å². The van der Waals surface area contributed by atoms with Crippen molar-refractivity contribution in [1.29, 1.82) is 0 Å². The first kappa shape index (κ1) is 15.8. The Kier molecular flexibility index (Phi) is 4.91. The van der Waals surface area contributed by atoms with Gasteiger partial charge in [0.2, 0.25) is 0 Å². The second kappa shape index (κ2) is 7.46. The van der Waals surface area contributed by atoms with Gasteiger partial charge in [-0.1, -0.05) is 17.7 Å². The summed E-state index contributed by atoms with van der Waals surface area (Å²) in [5, 5.41) is 2.93. The number of pyridine rings is 1. The highest BCUT2D eigenvalue weighted by Crippen LogP contribution is 2.14. The van der Waals surface area contributed by atoms with E-state index in [1.165, 1.54) is 0 Å². The fourth-order valence-electron chi connectivity index (χ4n) is 2.34. The van der Waals surface area contributed by atoms with Gasteiger partial charge in [0.05, 0.1) is 12.8 Å². The maximum atomic E-state index is 12.7. The van der Waals surface area contributed by atoms with Crippen molar-refractivity contribution >= 4 is 11.7 Å². The van der Waals surface area contributed by atoms with Crippen molar-refractivity contribution in [3.63, 3.8) is 0 Å². The molecule has 5 nitrogen and oxygen atoms in total. The molecule has 0 aliphatic carbocycles. The molecule has 0 bridgehead atoms. The van der Waals surface area contributed by atoms with Crippen LogP contribution in [-0.4, -0.2) is 15.9 Å². The van der Waals surface area contributed by atoms with E-state index in [0.29, 0.717) is 13.1 Å². The number of rotatable bonds is 5. The number of aromatic nitrogens is 1. The first-order chi connectivity index (χ1) is 11.7. The van der Waals surface area contributed by atoms with Gasteiger partial charge in [-0.3, -0.25) is 4.98 Å². The number of hydrogen-bond donors (Lipinski definition) is 1. The molecule has 1 aromatic carbocycles. The molecule has 0 fully saturated rings. The fourth-order valence-corrected chi connectivity index (χ4v) is 2.34. The third-order valence-corrected chi connectivity index (χ3v) is 3.64. The summed E-state index contributed by atoms with van der Waals surface area (Å²) >= 11 is 0. The van der Waals surface area contributed by atoms with Crippen molar-refractivity contribution in [2.75, 3.05) is 5.32 Å².